The molecule has 0 unspecified atom stereocenters. The van der Waals surface area contributed by atoms with Crippen LogP contribution in [0, 0.1) is 11.7 Å². The molecule has 122 valence electrons. The van der Waals surface area contributed by atoms with Gasteiger partial charge in [0.1, 0.15) is 17.2 Å². The monoisotopic (exact) mass is 310 g/mol. The molecule has 0 saturated carbocycles. The summed E-state index contributed by atoms with van der Waals surface area (Å²) in [6.45, 7) is 7.94. The molecule has 22 heavy (non-hydrogen) atoms. The molecule has 0 aromatic heterocycles. The van der Waals surface area contributed by atoms with Gasteiger partial charge in [-0.1, -0.05) is 6.07 Å². The van der Waals surface area contributed by atoms with E-state index in [4.69, 9.17) is 9.84 Å². The lowest BCUT2D eigenvalue weighted by molar-refractivity contribution is -0.000802. The van der Waals surface area contributed by atoms with Crippen molar-refractivity contribution in [2.24, 2.45) is 5.92 Å². The molecular formula is C16H23FN2O3. The van der Waals surface area contributed by atoms with Gasteiger partial charge in [-0.2, -0.15) is 0 Å². The van der Waals surface area contributed by atoms with Crippen LogP contribution in [0.2, 0.25) is 0 Å². The van der Waals surface area contributed by atoms with Gasteiger partial charge in [0.05, 0.1) is 0 Å². The average molecular weight is 310 g/mol. The number of benzene rings is 1. The first kappa shape index (κ1) is 16.5. The molecule has 1 fully saturated rings. The van der Waals surface area contributed by atoms with Crippen LogP contribution in [0.15, 0.2) is 18.2 Å². The Labute approximate surface area is 130 Å². The molecule has 0 atom stereocenters. The number of nitrogens with zero attached hydrogens (tertiary/aromatic N) is 1. The maximum atomic E-state index is 13.5. The summed E-state index contributed by atoms with van der Waals surface area (Å²) in [7, 11) is 0. The first-order valence-corrected chi connectivity index (χ1v) is 7.40. The molecule has 6 heteroatoms. The maximum Gasteiger partial charge on any atom is 0.410 e. The number of nitrogens with one attached hydrogen (secondary N) is 1. The second-order valence-electron chi connectivity index (χ2n) is 6.66. The predicted octanol–water partition coefficient (Wildman–Crippen LogP) is 2.49. The third kappa shape index (κ3) is 4.59. The van der Waals surface area contributed by atoms with Crippen LogP contribution >= 0.6 is 0 Å². The van der Waals surface area contributed by atoms with Crippen LogP contribution in [0.25, 0.3) is 0 Å². The topological polar surface area (TPSA) is 61.8 Å². The van der Waals surface area contributed by atoms with E-state index < -0.39 is 11.4 Å². The molecule has 1 saturated heterocycles. The number of rotatable bonds is 4. The lowest BCUT2D eigenvalue weighted by Gasteiger charge is -2.39. The Morgan fingerprint density at radius 1 is 1.45 bits per heavy atom. The Bertz CT molecular complexity index is 537. The molecule has 0 spiro atoms. The van der Waals surface area contributed by atoms with E-state index >= 15 is 0 Å². The molecule has 0 bridgehead atoms. The molecule has 2 rings (SSSR count). The van der Waals surface area contributed by atoms with Crippen LogP contribution in [-0.2, 0) is 11.3 Å². The lowest BCUT2D eigenvalue weighted by Crippen LogP contribution is -2.54. The Balaban J connectivity index is 1.67. The maximum absolute atomic E-state index is 13.5. The quantitative estimate of drug-likeness (QED) is 0.897. The largest absolute Gasteiger partial charge is 0.508 e. The highest BCUT2D eigenvalue weighted by atomic mass is 19.1. The van der Waals surface area contributed by atoms with Crippen molar-refractivity contribution >= 4 is 6.09 Å². The Morgan fingerprint density at radius 2 is 2.14 bits per heavy atom. The Hall–Kier alpha value is -1.82. The number of ether oxygens (including phenoxy) is 1. The zero-order valence-electron chi connectivity index (χ0n) is 13.2. The number of hydrogen-bond acceptors (Lipinski definition) is 4. The van der Waals surface area contributed by atoms with Crippen molar-refractivity contribution in [3.63, 3.8) is 0 Å². The van der Waals surface area contributed by atoms with Crippen LogP contribution in [0.1, 0.15) is 26.3 Å². The molecular weight excluding hydrogens is 287 g/mol. The highest BCUT2D eigenvalue weighted by molar-refractivity contribution is 5.69. The number of phenols is 1. The molecule has 5 nitrogen and oxygen atoms in total. The number of aromatic hydroxyl groups is 1. The summed E-state index contributed by atoms with van der Waals surface area (Å²) >= 11 is 0. The van der Waals surface area contributed by atoms with Crippen LogP contribution in [0.3, 0.4) is 0 Å². The molecule has 1 aromatic carbocycles. The number of phenolic OH excluding ortho intramolecular Hbond substituents is 1. The van der Waals surface area contributed by atoms with E-state index in [1.165, 1.54) is 6.07 Å². The fourth-order valence-corrected chi connectivity index (χ4v) is 2.27. The second kappa shape index (κ2) is 6.52. The highest BCUT2D eigenvalue weighted by Crippen LogP contribution is 2.19. The SMILES string of the molecule is CC(C)(C)OC(=O)N1CC(CNCc2ccc(O)cc2F)C1. The van der Waals surface area contributed by atoms with Gasteiger partial charge in [0, 0.05) is 43.7 Å². The van der Waals surface area contributed by atoms with Gasteiger partial charge < -0.3 is 20.1 Å². The molecule has 1 aliphatic rings. The third-order valence-electron chi connectivity index (χ3n) is 3.39. The lowest BCUT2D eigenvalue weighted by atomic mass is 10.0. The minimum atomic E-state index is -0.475. The first-order chi connectivity index (χ1) is 10.2. The van der Waals surface area contributed by atoms with E-state index in [2.05, 4.69) is 5.32 Å². The van der Waals surface area contributed by atoms with Gasteiger partial charge in [-0.25, -0.2) is 9.18 Å². The third-order valence-corrected chi connectivity index (χ3v) is 3.39. The minimum Gasteiger partial charge on any atom is -0.508 e. The van der Waals surface area contributed by atoms with E-state index in [-0.39, 0.29) is 11.8 Å². The van der Waals surface area contributed by atoms with E-state index in [1.54, 1.807) is 11.0 Å². The number of halogens is 1. The highest BCUT2D eigenvalue weighted by Gasteiger charge is 2.33. The molecule has 0 radical (unpaired) electrons. The summed E-state index contributed by atoms with van der Waals surface area (Å²) < 4.78 is 18.8. The van der Waals surface area contributed by atoms with Crippen LogP contribution in [0.4, 0.5) is 9.18 Å². The van der Waals surface area contributed by atoms with Gasteiger partial charge in [-0.3, -0.25) is 0 Å². The number of carbonyl (C=O) groups excluding carboxylic acids is 1. The van der Waals surface area contributed by atoms with Gasteiger partial charge in [0.15, 0.2) is 0 Å². The number of hydrogen-bond donors (Lipinski definition) is 2. The average Bonchev–Trinajstić information content (AvgIpc) is 2.31. The molecule has 1 aromatic rings. The summed E-state index contributed by atoms with van der Waals surface area (Å²) in [6, 6.07) is 4.13. The summed E-state index contributed by atoms with van der Waals surface area (Å²) in [5.41, 5.74) is 0.0395. The van der Waals surface area contributed by atoms with Gasteiger partial charge in [0.25, 0.3) is 0 Å². The van der Waals surface area contributed by atoms with Crippen molar-refractivity contribution in [1.29, 1.82) is 0 Å². The summed E-state index contributed by atoms with van der Waals surface area (Å²) in [5.74, 6) is -0.141. The number of likely N-dealkylation sites (tertiary alicyclic amines) is 1. The first-order valence-electron chi connectivity index (χ1n) is 7.40. The van der Waals surface area contributed by atoms with Crippen LogP contribution < -0.4 is 5.32 Å². The Morgan fingerprint density at radius 3 is 2.73 bits per heavy atom. The van der Waals surface area contributed by atoms with Gasteiger partial charge in [0.2, 0.25) is 0 Å². The normalized spacial score (nSPS) is 15.5. The van der Waals surface area contributed by atoms with Gasteiger partial charge in [-0.15, -0.1) is 0 Å². The van der Waals surface area contributed by atoms with E-state index in [1.807, 2.05) is 20.8 Å². The van der Waals surface area contributed by atoms with Gasteiger partial charge >= 0.3 is 6.09 Å². The zero-order valence-corrected chi connectivity index (χ0v) is 13.2. The second-order valence-corrected chi connectivity index (χ2v) is 6.66. The van der Waals surface area contributed by atoms with Gasteiger partial charge in [-0.05, 0) is 26.8 Å². The van der Waals surface area contributed by atoms with Crippen molar-refractivity contribution in [3.8, 4) is 5.75 Å². The predicted molar refractivity (Wildman–Crippen MR) is 81.1 cm³/mol. The van der Waals surface area contributed by atoms with Crippen LogP contribution in [0.5, 0.6) is 5.75 Å². The summed E-state index contributed by atoms with van der Waals surface area (Å²) in [6.07, 6.45) is -0.284. The van der Waals surface area contributed by atoms with Crippen molar-refractivity contribution in [3.05, 3.63) is 29.6 Å². The Kier molecular flexibility index (Phi) is 4.90. The number of carbonyl (C=O) groups is 1. The van der Waals surface area contributed by atoms with Crippen molar-refractivity contribution < 1.29 is 19.0 Å². The summed E-state index contributed by atoms with van der Waals surface area (Å²) in [5, 5.41) is 12.3. The molecule has 1 aliphatic heterocycles. The van der Waals surface area contributed by atoms with E-state index in [0.717, 1.165) is 6.07 Å². The number of amides is 1. The smallest absolute Gasteiger partial charge is 0.410 e. The van der Waals surface area contributed by atoms with Crippen molar-refractivity contribution in [2.75, 3.05) is 19.6 Å². The molecule has 2 N–H and O–H groups in total. The van der Waals surface area contributed by atoms with E-state index in [0.29, 0.717) is 37.7 Å². The van der Waals surface area contributed by atoms with Crippen molar-refractivity contribution in [2.45, 2.75) is 32.9 Å². The van der Waals surface area contributed by atoms with Crippen LogP contribution in [-0.4, -0.2) is 41.3 Å². The summed E-state index contributed by atoms with van der Waals surface area (Å²) in [4.78, 5) is 13.4. The fraction of sp³-hybridized carbons (Fsp3) is 0.562. The molecule has 0 aliphatic carbocycles. The fourth-order valence-electron chi connectivity index (χ4n) is 2.27. The van der Waals surface area contributed by atoms with E-state index in [9.17, 15) is 9.18 Å². The minimum absolute atomic E-state index is 0.0757. The standard InChI is InChI=1S/C16H23FN2O3/c1-16(2,3)22-15(21)19-9-11(10-19)7-18-8-12-4-5-13(20)6-14(12)17/h4-6,11,18,20H,7-10H2,1-3H3. The van der Waals surface area contributed by atoms with Crippen molar-refractivity contribution in [1.82, 2.24) is 10.2 Å². The molecule has 1 heterocycles. The zero-order chi connectivity index (χ0) is 16.3. The molecule has 1 amide bonds.